The predicted octanol–water partition coefficient (Wildman–Crippen LogP) is 1.22. The third-order valence-electron chi connectivity index (χ3n) is 5.58. The number of nitrogens with one attached hydrogen (secondary N) is 2. The van der Waals surface area contributed by atoms with E-state index >= 15 is 0 Å². The molecule has 1 aromatic heterocycles. The Morgan fingerprint density at radius 3 is 2.90 bits per heavy atom. The van der Waals surface area contributed by atoms with Gasteiger partial charge in [-0.25, -0.2) is 17.5 Å². The lowest BCUT2D eigenvalue weighted by molar-refractivity contribution is 0.101. The zero-order valence-electron chi connectivity index (χ0n) is 17.1. The molecular weight excluding hydrogens is 425 g/mol. The standard InChI is InChI=1S/C20H22FN5O4S/c1-12-7-14(3-4-15(12)21)23-20(27)18-19-17(10-25(18)2)31(28,29)24-16-9-26(6-5-22)8-13(16)11-30-19/h3-4,7,10,13,16,24H,6,8-9,11H2,1-2H3,(H,23,27)/t13-,16-/m1/s1. The van der Waals surface area contributed by atoms with Crippen LogP contribution in [0.4, 0.5) is 10.1 Å². The molecule has 1 aromatic carbocycles. The van der Waals surface area contributed by atoms with Crippen LogP contribution in [0.2, 0.25) is 0 Å². The molecule has 1 amide bonds. The third-order valence-corrected chi connectivity index (χ3v) is 7.06. The molecule has 0 saturated carbocycles. The van der Waals surface area contributed by atoms with Crippen LogP contribution in [-0.4, -0.2) is 56.1 Å². The summed E-state index contributed by atoms with van der Waals surface area (Å²) >= 11 is 0. The summed E-state index contributed by atoms with van der Waals surface area (Å²) in [5.41, 5.74) is 0.804. The van der Waals surface area contributed by atoms with Crippen molar-refractivity contribution in [1.29, 1.82) is 5.26 Å². The Kier molecular flexibility index (Phi) is 5.47. The molecule has 164 valence electrons. The van der Waals surface area contributed by atoms with Crippen molar-refractivity contribution < 1.29 is 22.3 Å². The average molecular weight is 447 g/mol. The Bertz CT molecular complexity index is 1190. The minimum absolute atomic E-state index is 0.0245. The fourth-order valence-corrected chi connectivity index (χ4v) is 5.52. The number of hydrogen-bond donors (Lipinski definition) is 2. The smallest absolute Gasteiger partial charge is 0.276 e. The summed E-state index contributed by atoms with van der Waals surface area (Å²) in [6.45, 7) is 2.91. The number of ether oxygens (including phenoxy) is 1. The molecule has 2 atom stereocenters. The topological polar surface area (TPSA) is 116 Å². The number of sulfonamides is 1. The molecule has 0 aliphatic carbocycles. The number of nitrogens with zero attached hydrogens (tertiary/aromatic N) is 3. The summed E-state index contributed by atoms with van der Waals surface area (Å²) < 4.78 is 49.5. The van der Waals surface area contributed by atoms with Crippen molar-refractivity contribution in [3.05, 3.63) is 41.5 Å². The van der Waals surface area contributed by atoms with Crippen LogP contribution in [0, 0.1) is 30.0 Å². The number of nitriles is 1. The van der Waals surface area contributed by atoms with E-state index in [4.69, 9.17) is 10.00 Å². The minimum atomic E-state index is -3.95. The van der Waals surface area contributed by atoms with Crippen molar-refractivity contribution in [2.45, 2.75) is 17.9 Å². The van der Waals surface area contributed by atoms with Gasteiger partial charge in [-0.1, -0.05) is 0 Å². The Morgan fingerprint density at radius 2 is 2.19 bits per heavy atom. The highest BCUT2D eigenvalue weighted by atomic mass is 32.2. The van der Waals surface area contributed by atoms with Gasteiger partial charge in [0, 0.05) is 44.0 Å². The van der Waals surface area contributed by atoms with E-state index < -0.39 is 15.9 Å². The van der Waals surface area contributed by atoms with Gasteiger partial charge in [-0.15, -0.1) is 0 Å². The van der Waals surface area contributed by atoms with Gasteiger partial charge in [0.1, 0.15) is 10.7 Å². The van der Waals surface area contributed by atoms with E-state index in [1.807, 2.05) is 4.90 Å². The van der Waals surface area contributed by atoms with Gasteiger partial charge in [0.05, 0.1) is 19.2 Å². The number of carbonyl (C=O) groups is 1. The molecule has 1 fully saturated rings. The van der Waals surface area contributed by atoms with Crippen LogP contribution in [0.3, 0.4) is 0 Å². The summed E-state index contributed by atoms with van der Waals surface area (Å²) in [7, 11) is -2.39. The fourth-order valence-electron chi connectivity index (χ4n) is 4.03. The summed E-state index contributed by atoms with van der Waals surface area (Å²) in [5.74, 6) is -1.14. The molecule has 0 unspecified atom stereocenters. The first-order valence-corrected chi connectivity index (χ1v) is 11.2. The highest BCUT2D eigenvalue weighted by Crippen LogP contribution is 2.34. The molecular formula is C20H22FN5O4S. The first-order chi connectivity index (χ1) is 14.7. The highest BCUT2D eigenvalue weighted by Gasteiger charge is 2.40. The normalized spacial score (nSPS) is 22.4. The zero-order chi connectivity index (χ0) is 22.3. The summed E-state index contributed by atoms with van der Waals surface area (Å²) in [6, 6.07) is 5.86. The van der Waals surface area contributed by atoms with Crippen LogP contribution in [0.1, 0.15) is 16.1 Å². The van der Waals surface area contributed by atoms with Crippen LogP contribution >= 0.6 is 0 Å². The van der Waals surface area contributed by atoms with Gasteiger partial charge in [-0.05, 0) is 30.7 Å². The van der Waals surface area contributed by atoms with Crippen LogP contribution in [0.25, 0.3) is 0 Å². The second-order valence-corrected chi connectivity index (χ2v) is 9.53. The number of rotatable bonds is 3. The molecule has 3 heterocycles. The summed E-state index contributed by atoms with van der Waals surface area (Å²) in [4.78, 5) is 14.7. The molecule has 11 heteroatoms. The van der Waals surface area contributed by atoms with Gasteiger partial charge in [-0.3, -0.25) is 9.69 Å². The zero-order valence-corrected chi connectivity index (χ0v) is 17.9. The Morgan fingerprint density at radius 1 is 1.42 bits per heavy atom. The monoisotopic (exact) mass is 447 g/mol. The Hall–Kier alpha value is -2.94. The lowest BCUT2D eigenvalue weighted by Gasteiger charge is -2.24. The molecule has 4 rings (SSSR count). The number of carbonyl (C=O) groups excluding carboxylic acids is 1. The third kappa shape index (κ3) is 4.01. The van der Waals surface area contributed by atoms with Crippen molar-refractivity contribution >= 4 is 21.6 Å². The van der Waals surface area contributed by atoms with Crippen molar-refractivity contribution in [2.75, 3.05) is 31.6 Å². The van der Waals surface area contributed by atoms with Crippen molar-refractivity contribution in [3.8, 4) is 11.8 Å². The predicted molar refractivity (Wildman–Crippen MR) is 110 cm³/mol. The maximum atomic E-state index is 13.5. The second-order valence-electron chi connectivity index (χ2n) is 7.85. The van der Waals surface area contributed by atoms with Gasteiger partial charge in [0.15, 0.2) is 11.4 Å². The van der Waals surface area contributed by atoms with Crippen molar-refractivity contribution in [1.82, 2.24) is 14.2 Å². The van der Waals surface area contributed by atoms with E-state index in [-0.39, 0.29) is 47.3 Å². The molecule has 9 nitrogen and oxygen atoms in total. The van der Waals surface area contributed by atoms with Crippen LogP contribution < -0.4 is 14.8 Å². The summed E-state index contributed by atoms with van der Waals surface area (Å²) in [6.07, 6.45) is 1.34. The molecule has 2 N–H and O–H groups in total. The van der Waals surface area contributed by atoms with Gasteiger partial charge in [0.25, 0.3) is 5.91 Å². The number of fused-ring (bicyclic) bond motifs is 2. The van der Waals surface area contributed by atoms with E-state index in [2.05, 4.69) is 16.1 Å². The first kappa shape index (κ1) is 21.3. The molecule has 2 aromatic rings. The number of aromatic nitrogens is 1. The maximum Gasteiger partial charge on any atom is 0.276 e. The molecule has 31 heavy (non-hydrogen) atoms. The second kappa shape index (κ2) is 7.96. The number of anilines is 1. The largest absolute Gasteiger partial charge is 0.489 e. The minimum Gasteiger partial charge on any atom is -0.489 e. The first-order valence-electron chi connectivity index (χ1n) is 9.71. The fraction of sp³-hybridized carbons (Fsp3) is 0.400. The molecule has 0 bridgehead atoms. The lowest BCUT2D eigenvalue weighted by Crippen LogP contribution is -2.43. The highest BCUT2D eigenvalue weighted by molar-refractivity contribution is 7.89. The number of amides is 1. The Labute approximate surface area is 179 Å². The molecule has 0 spiro atoms. The SMILES string of the molecule is Cc1cc(NC(=O)c2c3c(cn2C)S(=O)(=O)N[C@@H]2CN(CC#N)C[C@@H]2CO3)ccc1F. The van der Waals surface area contributed by atoms with Crippen LogP contribution in [0.15, 0.2) is 29.3 Å². The maximum absolute atomic E-state index is 13.5. The number of benzene rings is 1. The Balaban J connectivity index is 1.65. The van der Waals surface area contributed by atoms with Gasteiger partial charge in [0.2, 0.25) is 10.0 Å². The number of aryl methyl sites for hydroxylation is 2. The lowest BCUT2D eigenvalue weighted by atomic mass is 10.1. The van der Waals surface area contributed by atoms with E-state index in [0.717, 1.165) is 0 Å². The van der Waals surface area contributed by atoms with Crippen LogP contribution in [0.5, 0.6) is 5.75 Å². The van der Waals surface area contributed by atoms with Gasteiger partial charge >= 0.3 is 0 Å². The van der Waals surface area contributed by atoms with Crippen LogP contribution in [-0.2, 0) is 17.1 Å². The quantitative estimate of drug-likeness (QED) is 0.684. The number of halogens is 1. The van der Waals surface area contributed by atoms with Gasteiger partial charge < -0.3 is 14.6 Å². The van der Waals surface area contributed by atoms with E-state index in [1.165, 1.54) is 29.0 Å². The van der Waals surface area contributed by atoms with E-state index in [1.54, 1.807) is 14.0 Å². The average Bonchev–Trinajstić information content (AvgIpc) is 3.22. The summed E-state index contributed by atoms with van der Waals surface area (Å²) in [5, 5.41) is 11.6. The molecule has 0 radical (unpaired) electrons. The van der Waals surface area contributed by atoms with Crippen molar-refractivity contribution in [3.63, 3.8) is 0 Å². The molecule has 2 aliphatic heterocycles. The van der Waals surface area contributed by atoms with Crippen molar-refractivity contribution in [2.24, 2.45) is 13.0 Å². The molecule has 1 saturated heterocycles. The number of likely N-dealkylation sites (tertiary alicyclic amines) is 1. The molecule has 2 aliphatic rings. The van der Waals surface area contributed by atoms with Gasteiger partial charge in [-0.2, -0.15) is 5.26 Å². The van der Waals surface area contributed by atoms with E-state index in [9.17, 15) is 17.6 Å². The van der Waals surface area contributed by atoms with E-state index in [0.29, 0.717) is 24.3 Å². The number of hydrogen-bond acceptors (Lipinski definition) is 6.